The highest BCUT2D eigenvalue weighted by atomic mass is 16.2. The molecule has 18 heavy (non-hydrogen) atoms. The van der Waals surface area contributed by atoms with Gasteiger partial charge in [0.2, 0.25) is 5.91 Å². The van der Waals surface area contributed by atoms with Gasteiger partial charge in [0.1, 0.15) is 17.7 Å². The zero-order chi connectivity index (χ0) is 13.7. The first kappa shape index (κ1) is 14.4. The quantitative estimate of drug-likeness (QED) is 0.834. The van der Waals surface area contributed by atoms with Crippen molar-refractivity contribution in [3.05, 3.63) is 17.6 Å². The molecule has 5 nitrogen and oxygen atoms in total. The maximum Gasteiger partial charge on any atom is 0.242 e. The zero-order valence-corrected chi connectivity index (χ0v) is 11.7. The SMILES string of the molecule is CCc1cc(NC(C)C(=O)NC(C)C)nc(C)n1. The Labute approximate surface area is 108 Å². The number of hydrogen-bond donors (Lipinski definition) is 2. The second-order valence-electron chi connectivity index (χ2n) is 4.67. The molecule has 1 aromatic heterocycles. The van der Waals surface area contributed by atoms with Crippen LogP contribution >= 0.6 is 0 Å². The molecule has 0 fully saturated rings. The molecular weight excluding hydrogens is 228 g/mol. The van der Waals surface area contributed by atoms with Crippen molar-refractivity contribution >= 4 is 11.7 Å². The Morgan fingerprint density at radius 1 is 1.33 bits per heavy atom. The van der Waals surface area contributed by atoms with Gasteiger partial charge in [-0.1, -0.05) is 6.92 Å². The van der Waals surface area contributed by atoms with Gasteiger partial charge in [-0.2, -0.15) is 0 Å². The molecule has 2 N–H and O–H groups in total. The average Bonchev–Trinajstić information content (AvgIpc) is 2.27. The minimum absolute atomic E-state index is 0.0284. The molecule has 0 aromatic carbocycles. The lowest BCUT2D eigenvalue weighted by Crippen LogP contribution is -2.41. The number of carbonyl (C=O) groups excluding carboxylic acids is 1. The van der Waals surface area contributed by atoms with Gasteiger partial charge in [-0.25, -0.2) is 9.97 Å². The van der Waals surface area contributed by atoms with Crippen LogP contribution in [0, 0.1) is 6.92 Å². The molecule has 1 heterocycles. The van der Waals surface area contributed by atoms with E-state index < -0.39 is 0 Å². The third-order valence-corrected chi connectivity index (χ3v) is 2.44. The van der Waals surface area contributed by atoms with E-state index in [9.17, 15) is 4.79 Å². The minimum atomic E-state index is -0.314. The smallest absolute Gasteiger partial charge is 0.242 e. The molecule has 1 unspecified atom stereocenters. The van der Waals surface area contributed by atoms with Crippen LogP contribution in [-0.4, -0.2) is 28.0 Å². The van der Waals surface area contributed by atoms with Crippen molar-refractivity contribution in [1.29, 1.82) is 0 Å². The summed E-state index contributed by atoms with van der Waals surface area (Å²) in [7, 11) is 0. The summed E-state index contributed by atoms with van der Waals surface area (Å²) in [6.07, 6.45) is 0.852. The number of hydrogen-bond acceptors (Lipinski definition) is 4. The highest BCUT2D eigenvalue weighted by molar-refractivity contribution is 5.84. The van der Waals surface area contributed by atoms with Gasteiger partial charge in [0.15, 0.2) is 0 Å². The van der Waals surface area contributed by atoms with E-state index in [1.807, 2.05) is 40.7 Å². The first-order chi connectivity index (χ1) is 8.42. The van der Waals surface area contributed by atoms with Crippen molar-refractivity contribution in [2.75, 3.05) is 5.32 Å². The van der Waals surface area contributed by atoms with Crippen molar-refractivity contribution in [2.24, 2.45) is 0 Å². The number of nitrogens with one attached hydrogen (secondary N) is 2. The molecule has 0 spiro atoms. The van der Waals surface area contributed by atoms with Gasteiger partial charge < -0.3 is 10.6 Å². The van der Waals surface area contributed by atoms with Crippen LogP contribution in [0.25, 0.3) is 0 Å². The van der Waals surface area contributed by atoms with E-state index in [0.717, 1.165) is 12.1 Å². The largest absolute Gasteiger partial charge is 0.359 e. The van der Waals surface area contributed by atoms with Gasteiger partial charge in [-0.05, 0) is 34.1 Å². The Morgan fingerprint density at radius 2 is 2.00 bits per heavy atom. The number of nitrogens with zero attached hydrogens (tertiary/aromatic N) is 2. The van der Waals surface area contributed by atoms with E-state index in [1.54, 1.807) is 0 Å². The molecule has 0 aliphatic carbocycles. The second-order valence-corrected chi connectivity index (χ2v) is 4.67. The van der Waals surface area contributed by atoms with Crippen molar-refractivity contribution < 1.29 is 4.79 Å². The van der Waals surface area contributed by atoms with Gasteiger partial charge in [-0.3, -0.25) is 4.79 Å². The van der Waals surface area contributed by atoms with E-state index in [0.29, 0.717) is 11.6 Å². The molecule has 5 heteroatoms. The lowest BCUT2D eigenvalue weighted by atomic mass is 10.2. The summed E-state index contributed by atoms with van der Waals surface area (Å²) in [5.74, 6) is 1.39. The van der Waals surface area contributed by atoms with Crippen LogP contribution in [0.4, 0.5) is 5.82 Å². The molecule has 0 saturated heterocycles. The maximum absolute atomic E-state index is 11.8. The summed E-state index contributed by atoms with van der Waals surface area (Å²) in [5, 5.41) is 5.96. The van der Waals surface area contributed by atoms with E-state index in [4.69, 9.17) is 0 Å². The third kappa shape index (κ3) is 4.31. The molecule has 0 radical (unpaired) electrons. The van der Waals surface area contributed by atoms with Crippen LogP contribution in [0.5, 0.6) is 0 Å². The Morgan fingerprint density at radius 3 is 2.56 bits per heavy atom. The van der Waals surface area contributed by atoms with Gasteiger partial charge in [0.25, 0.3) is 0 Å². The molecule has 1 amide bonds. The predicted molar refractivity (Wildman–Crippen MR) is 72.5 cm³/mol. The maximum atomic E-state index is 11.8. The van der Waals surface area contributed by atoms with Gasteiger partial charge in [-0.15, -0.1) is 0 Å². The number of anilines is 1. The van der Waals surface area contributed by atoms with Crippen molar-refractivity contribution in [3.8, 4) is 0 Å². The fraction of sp³-hybridized carbons (Fsp3) is 0.615. The molecule has 1 rings (SSSR count). The molecular formula is C13H22N4O. The number of amides is 1. The van der Waals surface area contributed by atoms with E-state index in [2.05, 4.69) is 20.6 Å². The van der Waals surface area contributed by atoms with Crippen LogP contribution < -0.4 is 10.6 Å². The molecule has 1 aromatic rings. The molecule has 0 bridgehead atoms. The van der Waals surface area contributed by atoms with Crippen molar-refractivity contribution in [1.82, 2.24) is 15.3 Å². The van der Waals surface area contributed by atoms with E-state index >= 15 is 0 Å². The summed E-state index contributed by atoms with van der Waals surface area (Å²) >= 11 is 0. The predicted octanol–water partition coefficient (Wildman–Crippen LogP) is 1.67. The molecule has 0 aliphatic heterocycles. The Kier molecular flexibility index (Phi) is 5.07. The van der Waals surface area contributed by atoms with E-state index in [-0.39, 0.29) is 18.0 Å². The monoisotopic (exact) mass is 250 g/mol. The third-order valence-electron chi connectivity index (χ3n) is 2.44. The first-order valence-corrected chi connectivity index (χ1v) is 6.33. The first-order valence-electron chi connectivity index (χ1n) is 6.33. The summed E-state index contributed by atoms with van der Waals surface area (Å²) in [5.41, 5.74) is 0.974. The fourth-order valence-electron chi connectivity index (χ4n) is 1.58. The number of aryl methyl sites for hydroxylation is 2. The molecule has 100 valence electrons. The van der Waals surface area contributed by atoms with Crippen molar-refractivity contribution in [3.63, 3.8) is 0 Å². The lowest BCUT2D eigenvalue weighted by molar-refractivity contribution is -0.122. The van der Waals surface area contributed by atoms with E-state index in [1.165, 1.54) is 0 Å². The molecule has 0 aliphatic rings. The standard InChI is InChI=1S/C13H22N4O/c1-6-11-7-12(17-10(5)16-11)15-9(4)13(18)14-8(2)3/h7-9H,6H2,1-5H3,(H,14,18)(H,15,16,17). The van der Waals surface area contributed by atoms with Gasteiger partial charge in [0.05, 0.1) is 0 Å². The van der Waals surface area contributed by atoms with Crippen LogP contribution in [0.2, 0.25) is 0 Å². The van der Waals surface area contributed by atoms with Gasteiger partial charge >= 0.3 is 0 Å². The number of rotatable bonds is 5. The summed E-state index contributed by atoms with van der Waals surface area (Å²) in [6.45, 7) is 9.59. The Bertz CT molecular complexity index is 417. The van der Waals surface area contributed by atoms with Crippen LogP contribution in [0.3, 0.4) is 0 Å². The Hall–Kier alpha value is -1.65. The molecule has 0 saturated carbocycles. The number of carbonyl (C=O) groups is 1. The number of aromatic nitrogens is 2. The van der Waals surface area contributed by atoms with Crippen LogP contribution in [-0.2, 0) is 11.2 Å². The van der Waals surface area contributed by atoms with Crippen LogP contribution in [0.1, 0.15) is 39.2 Å². The summed E-state index contributed by atoms with van der Waals surface area (Å²) in [4.78, 5) is 20.4. The summed E-state index contributed by atoms with van der Waals surface area (Å²) < 4.78 is 0. The average molecular weight is 250 g/mol. The highest BCUT2D eigenvalue weighted by Crippen LogP contribution is 2.08. The molecule has 1 atom stereocenters. The zero-order valence-electron chi connectivity index (χ0n) is 11.7. The summed E-state index contributed by atoms with van der Waals surface area (Å²) in [6, 6.07) is 1.71. The van der Waals surface area contributed by atoms with Gasteiger partial charge in [0, 0.05) is 17.8 Å². The minimum Gasteiger partial charge on any atom is -0.359 e. The normalized spacial score (nSPS) is 12.3. The fourth-order valence-corrected chi connectivity index (χ4v) is 1.58. The van der Waals surface area contributed by atoms with Crippen molar-refractivity contribution in [2.45, 2.75) is 53.1 Å². The Balaban J connectivity index is 2.72. The highest BCUT2D eigenvalue weighted by Gasteiger charge is 2.14. The lowest BCUT2D eigenvalue weighted by Gasteiger charge is -2.17. The van der Waals surface area contributed by atoms with Crippen LogP contribution in [0.15, 0.2) is 6.07 Å². The second kappa shape index (κ2) is 6.33. The topological polar surface area (TPSA) is 66.9 Å².